The Kier molecular flexibility index (Phi) is 3.57. The van der Waals surface area contributed by atoms with Crippen LogP contribution in [0, 0.1) is 17.1 Å². The first kappa shape index (κ1) is 17.5. The Bertz CT molecular complexity index is 1020. The van der Waals surface area contributed by atoms with E-state index < -0.39 is 34.6 Å². The van der Waals surface area contributed by atoms with Gasteiger partial charge in [-0.2, -0.15) is 22.8 Å². The zero-order chi connectivity index (χ0) is 19.6. The molecule has 0 heterocycles. The van der Waals surface area contributed by atoms with Gasteiger partial charge in [0.25, 0.3) is 0 Å². The summed E-state index contributed by atoms with van der Waals surface area (Å²) in [4.78, 5) is 12.1. The van der Waals surface area contributed by atoms with Crippen molar-refractivity contribution in [1.29, 1.82) is 5.26 Å². The Labute approximate surface area is 150 Å². The SMILES string of the molecule is N#Cc1cc(F)cc(Oc2ccc3c(c2C2CC2)C(=O)C(F)(F)C3(F)F)c1. The van der Waals surface area contributed by atoms with E-state index in [-0.39, 0.29) is 28.5 Å². The van der Waals surface area contributed by atoms with Crippen molar-refractivity contribution >= 4 is 5.78 Å². The molecule has 8 heteroatoms. The summed E-state index contributed by atoms with van der Waals surface area (Å²) in [5.41, 5.74) is -1.80. The van der Waals surface area contributed by atoms with Crippen molar-refractivity contribution in [1.82, 2.24) is 0 Å². The Morgan fingerprint density at radius 3 is 2.41 bits per heavy atom. The van der Waals surface area contributed by atoms with E-state index in [1.54, 1.807) is 6.07 Å². The number of nitriles is 1. The molecule has 0 bridgehead atoms. The van der Waals surface area contributed by atoms with E-state index in [1.165, 1.54) is 6.07 Å². The van der Waals surface area contributed by atoms with Gasteiger partial charge in [-0.3, -0.25) is 4.79 Å². The molecule has 0 saturated heterocycles. The highest BCUT2D eigenvalue weighted by molar-refractivity contribution is 6.09. The van der Waals surface area contributed by atoms with Gasteiger partial charge in [0.2, 0.25) is 5.78 Å². The third-order valence-electron chi connectivity index (χ3n) is 4.66. The van der Waals surface area contributed by atoms with Crippen LogP contribution in [0.5, 0.6) is 11.5 Å². The molecule has 1 fully saturated rings. The number of hydrogen-bond donors (Lipinski definition) is 0. The minimum atomic E-state index is -4.83. The van der Waals surface area contributed by atoms with Crippen molar-refractivity contribution < 1.29 is 31.5 Å². The first-order chi connectivity index (χ1) is 12.7. The van der Waals surface area contributed by atoms with Crippen LogP contribution in [0.15, 0.2) is 30.3 Å². The summed E-state index contributed by atoms with van der Waals surface area (Å²) in [7, 11) is 0. The first-order valence-corrected chi connectivity index (χ1v) is 8.03. The fraction of sp³-hybridized carbons (Fsp3) is 0.263. The van der Waals surface area contributed by atoms with Gasteiger partial charge in [-0.1, -0.05) is 0 Å². The summed E-state index contributed by atoms with van der Waals surface area (Å²) in [5, 5.41) is 8.90. The highest BCUT2D eigenvalue weighted by atomic mass is 19.3. The number of carbonyl (C=O) groups is 1. The molecule has 4 rings (SSSR count). The predicted molar refractivity (Wildman–Crippen MR) is 82.8 cm³/mol. The molecule has 0 aliphatic heterocycles. The summed E-state index contributed by atoms with van der Waals surface area (Å²) in [6.07, 6.45) is 1.06. The molecule has 0 radical (unpaired) electrons. The lowest BCUT2D eigenvalue weighted by Crippen LogP contribution is -2.38. The summed E-state index contributed by atoms with van der Waals surface area (Å²) in [5.74, 6) is -12.7. The summed E-state index contributed by atoms with van der Waals surface area (Å²) in [6.45, 7) is 0. The van der Waals surface area contributed by atoms with Crippen LogP contribution < -0.4 is 4.74 Å². The van der Waals surface area contributed by atoms with E-state index in [2.05, 4.69) is 0 Å². The van der Waals surface area contributed by atoms with Crippen molar-refractivity contribution in [3.05, 3.63) is 58.4 Å². The van der Waals surface area contributed by atoms with Gasteiger partial charge in [-0.05, 0) is 43.0 Å². The molecule has 0 N–H and O–H groups in total. The Morgan fingerprint density at radius 2 is 1.78 bits per heavy atom. The summed E-state index contributed by atoms with van der Waals surface area (Å²) in [6, 6.07) is 6.72. The van der Waals surface area contributed by atoms with Crippen LogP contribution in [-0.2, 0) is 5.92 Å². The number of halogens is 5. The molecule has 0 amide bonds. The summed E-state index contributed by atoms with van der Waals surface area (Å²) >= 11 is 0. The monoisotopic (exact) mass is 379 g/mol. The number of rotatable bonds is 3. The first-order valence-electron chi connectivity index (χ1n) is 8.03. The second kappa shape index (κ2) is 5.52. The lowest BCUT2D eigenvalue weighted by molar-refractivity contribution is -0.176. The number of fused-ring (bicyclic) bond motifs is 1. The number of hydrogen-bond acceptors (Lipinski definition) is 3. The van der Waals surface area contributed by atoms with Gasteiger partial charge in [-0.25, -0.2) is 4.39 Å². The number of ether oxygens (including phenoxy) is 1. The molecule has 3 nitrogen and oxygen atoms in total. The highest BCUT2D eigenvalue weighted by Crippen LogP contribution is 2.57. The second-order valence-corrected chi connectivity index (χ2v) is 6.54. The fourth-order valence-corrected chi connectivity index (χ4v) is 3.25. The molecule has 0 atom stereocenters. The van der Waals surface area contributed by atoms with Crippen molar-refractivity contribution in [3.63, 3.8) is 0 Å². The van der Waals surface area contributed by atoms with Crippen LogP contribution in [0.3, 0.4) is 0 Å². The quantitative estimate of drug-likeness (QED) is 0.681. The van der Waals surface area contributed by atoms with E-state index in [9.17, 15) is 26.7 Å². The van der Waals surface area contributed by atoms with Crippen molar-refractivity contribution in [3.8, 4) is 17.6 Å². The smallest absolute Gasteiger partial charge is 0.376 e. The van der Waals surface area contributed by atoms with Crippen LogP contribution in [0.25, 0.3) is 0 Å². The van der Waals surface area contributed by atoms with Crippen LogP contribution >= 0.6 is 0 Å². The van der Waals surface area contributed by atoms with E-state index >= 15 is 0 Å². The minimum absolute atomic E-state index is 0.0166. The Morgan fingerprint density at radius 1 is 1.07 bits per heavy atom. The Balaban J connectivity index is 1.86. The maximum atomic E-state index is 14.0. The number of ketones is 1. The Hall–Kier alpha value is -2.95. The molecule has 0 unspecified atom stereocenters. The normalized spacial score (nSPS) is 19.5. The number of nitrogens with zero attached hydrogens (tertiary/aromatic N) is 1. The van der Waals surface area contributed by atoms with Crippen molar-refractivity contribution in [2.24, 2.45) is 0 Å². The third-order valence-corrected chi connectivity index (χ3v) is 4.66. The predicted octanol–water partition coefficient (Wildman–Crippen LogP) is 5.29. The molecule has 1 saturated carbocycles. The molecule has 0 spiro atoms. The van der Waals surface area contributed by atoms with Gasteiger partial charge in [-0.15, -0.1) is 0 Å². The number of alkyl halides is 4. The highest BCUT2D eigenvalue weighted by Gasteiger charge is 2.70. The van der Waals surface area contributed by atoms with Gasteiger partial charge in [0.15, 0.2) is 0 Å². The van der Waals surface area contributed by atoms with Gasteiger partial charge in [0.05, 0.1) is 11.6 Å². The molecular formula is C19H10F5NO2. The number of carbonyl (C=O) groups excluding carboxylic acids is 1. The molecule has 2 aromatic carbocycles. The topological polar surface area (TPSA) is 50.1 Å². The van der Waals surface area contributed by atoms with Crippen LogP contribution in [-0.4, -0.2) is 11.7 Å². The van der Waals surface area contributed by atoms with Crippen molar-refractivity contribution in [2.45, 2.75) is 30.6 Å². The molecule has 138 valence electrons. The lowest BCUT2D eigenvalue weighted by Gasteiger charge is -2.17. The van der Waals surface area contributed by atoms with Crippen LogP contribution in [0.2, 0.25) is 0 Å². The third kappa shape index (κ3) is 2.49. The van der Waals surface area contributed by atoms with Crippen LogP contribution in [0.4, 0.5) is 22.0 Å². The van der Waals surface area contributed by atoms with Gasteiger partial charge in [0.1, 0.15) is 17.3 Å². The summed E-state index contributed by atoms with van der Waals surface area (Å²) < 4.78 is 74.9. The zero-order valence-corrected chi connectivity index (χ0v) is 13.5. The van der Waals surface area contributed by atoms with Crippen molar-refractivity contribution in [2.75, 3.05) is 0 Å². The number of benzene rings is 2. The molecule has 2 aliphatic rings. The lowest BCUT2D eigenvalue weighted by atomic mass is 9.97. The van der Waals surface area contributed by atoms with Crippen LogP contribution in [0.1, 0.15) is 45.8 Å². The number of Topliss-reactive ketones (excluding diaryl/α,β-unsaturated/α-hetero) is 1. The van der Waals surface area contributed by atoms with Gasteiger partial charge >= 0.3 is 11.8 Å². The maximum Gasteiger partial charge on any atom is 0.376 e. The molecular weight excluding hydrogens is 369 g/mol. The standard InChI is InChI=1S/C19H10F5NO2/c20-11-5-9(8-25)6-12(7-11)27-14-4-3-13-16(15(14)10-1-2-10)17(26)19(23,24)18(13,21)22/h3-7,10H,1-2H2. The molecule has 27 heavy (non-hydrogen) atoms. The average Bonchev–Trinajstić information content (AvgIpc) is 3.42. The minimum Gasteiger partial charge on any atom is -0.457 e. The fourth-order valence-electron chi connectivity index (χ4n) is 3.25. The van der Waals surface area contributed by atoms with E-state index in [0.717, 1.165) is 24.3 Å². The van der Waals surface area contributed by atoms with E-state index in [4.69, 9.17) is 10.00 Å². The average molecular weight is 379 g/mol. The second-order valence-electron chi connectivity index (χ2n) is 6.54. The maximum absolute atomic E-state index is 14.0. The zero-order valence-electron chi connectivity index (χ0n) is 13.5. The van der Waals surface area contributed by atoms with Gasteiger partial charge in [0, 0.05) is 22.8 Å². The van der Waals surface area contributed by atoms with E-state index in [1.807, 2.05) is 0 Å². The molecule has 2 aliphatic carbocycles. The molecule has 2 aromatic rings. The molecule has 0 aromatic heterocycles. The van der Waals surface area contributed by atoms with Gasteiger partial charge < -0.3 is 4.74 Å². The van der Waals surface area contributed by atoms with E-state index in [0.29, 0.717) is 12.8 Å². The largest absolute Gasteiger partial charge is 0.457 e.